The molecular formula is C21H30BNO2S. The molecule has 4 unspecified atom stereocenters. The van der Waals surface area contributed by atoms with Crippen LogP contribution in [0.1, 0.15) is 64.5 Å². The molecule has 0 aliphatic heterocycles. The van der Waals surface area contributed by atoms with E-state index in [9.17, 15) is 4.21 Å². The first kappa shape index (κ1) is 19.8. The molecule has 0 saturated heterocycles. The molecule has 1 fully saturated rings. The van der Waals surface area contributed by atoms with Crippen LogP contribution in [-0.4, -0.2) is 35.7 Å². The number of hydrogen-bond donors (Lipinski definition) is 0. The highest BCUT2D eigenvalue weighted by atomic mass is 32.2. The molecule has 1 saturated carbocycles. The SMILES string of the molecule is [B]c1ccc2c(c1)C(=NS(=O)C(C)(C)C)C1(CCC(OC)C(CC)C1)C2. The van der Waals surface area contributed by atoms with Crippen LogP contribution in [0.4, 0.5) is 0 Å². The van der Waals surface area contributed by atoms with Gasteiger partial charge in [0.1, 0.15) is 18.8 Å². The number of hydrogen-bond acceptors (Lipinski definition) is 2. The van der Waals surface area contributed by atoms with Gasteiger partial charge in [0.05, 0.1) is 16.6 Å². The Balaban J connectivity index is 2.07. The van der Waals surface area contributed by atoms with Gasteiger partial charge in [0.2, 0.25) is 0 Å². The van der Waals surface area contributed by atoms with Crippen LogP contribution < -0.4 is 5.46 Å². The Labute approximate surface area is 162 Å². The van der Waals surface area contributed by atoms with E-state index in [4.69, 9.17) is 17.0 Å². The zero-order chi connectivity index (χ0) is 19.1. The molecule has 0 amide bonds. The molecule has 0 heterocycles. The quantitative estimate of drug-likeness (QED) is 0.763. The van der Waals surface area contributed by atoms with Crippen molar-refractivity contribution in [2.24, 2.45) is 15.7 Å². The summed E-state index contributed by atoms with van der Waals surface area (Å²) in [5.74, 6) is 0.508. The van der Waals surface area contributed by atoms with Gasteiger partial charge < -0.3 is 4.74 Å². The average molecular weight is 371 g/mol. The number of nitrogens with zero attached hydrogens (tertiary/aromatic N) is 1. The maximum atomic E-state index is 12.9. The van der Waals surface area contributed by atoms with Crippen molar-refractivity contribution < 1.29 is 8.95 Å². The van der Waals surface area contributed by atoms with Crippen LogP contribution >= 0.6 is 0 Å². The summed E-state index contributed by atoms with van der Waals surface area (Å²) in [5.41, 5.74) is 4.11. The van der Waals surface area contributed by atoms with Gasteiger partial charge in [-0.25, -0.2) is 4.21 Å². The zero-order valence-corrected chi connectivity index (χ0v) is 17.5. The second kappa shape index (κ2) is 7.24. The summed E-state index contributed by atoms with van der Waals surface area (Å²) >= 11 is 0. The van der Waals surface area contributed by atoms with Gasteiger partial charge in [0.25, 0.3) is 0 Å². The Bertz CT molecular complexity index is 740. The van der Waals surface area contributed by atoms with Gasteiger partial charge in [0.15, 0.2) is 0 Å². The van der Waals surface area contributed by atoms with E-state index < -0.39 is 11.0 Å². The fourth-order valence-electron chi connectivity index (χ4n) is 4.55. The maximum Gasteiger partial charge on any atom is 0.145 e. The lowest BCUT2D eigenvalue weighted by Gasteiger charge is -2.42. The summed E-state index contributed by atoms with van der Waals surface area (Å²) in [7, 11) is 6.62. The van der Waals surface area contributed by atoms with E-state index in [2.05, 4.69) is 13.0 Å². The van der Waals surface area contributed by atoms with Crippen molar-refractivity contribution in [2.75, 3.05) is 7.11 Å². The lowest BCUT2D eigenvalue weighted by molar-refractivity contribution is -0.00383. The van der Waals surface area contributed by atoms with E-state index in [0.29, 0.717) is 12.0 Å². The fraction of sp³-hybridized carbons (Fsp3) is 0.667. The highest BCUT2D eigenvalue weighted by Gasteiger charge is 2.49. The molecule has 1 aromatic carbocycles. The van der Waals surface area contributed by atoms with Crippen LogP contribution in [0.3, 0.4) is 0 Å². The van der Waals surface area contributed by atoms with Gasteiger partial charge in [-0.3, -0.25) is 0 Å². The summed E-state index contributed by atoms with van der Waals surface area (Å²) in [6.07, 6.45) is 5.46. The largest absolute Gasteiger partial charge is 0.381 e. The smallest absolute Gasteiger partial charge is 0.145 e. The van der Waals surface area contributed by atoms with Crippen molar-refractivity contribution in [1.82, 2.24) is 0 Å². The molecule has 140 valence electrons. The van der Waals surface area contributed by atoms with Gasteiger partial charge in [-0.05, 0) is 63.5 Å². The molecule has 1 aromatic rings. The third-order valence-electron chi connectivity index (χ3n) is 6.03. The molecule has 1 spiro atoms. The average Bonchev–Trinajstić information content (AvgIpc) is 2.86. The van der Waals surface area contributed by atoms with Crippen LogP contribution in [0.5, 0.6) is 0 Å². The summed E-state index contributed by atoms with van der Waals surface area (Å²) < 4.78 is 23.1. The molecular weight excluding hydrogens is 341 g/mol. The monoisotopic (exact) mass is 371 g/mol. The van der Waals surface area contributed by atoms with E-state index >= 15 is 0 Å². The highest BCUT2D eigenvalue weighted by Crippen LogP contribution is 2.50. The van der Waals surface area contributed by atoms with Crippen molar-refractivity contribution in [3.63, 3.8) is 0 Å². The summed E-state index contributed by atoms with van der Waals surface area (Å²) in [6.45, 7) is 8.17. The van der Waals surface area contributed by atoms with Gasteiger partial charge in [-0.15, -0.1) is 0 Å². The Kier molecular flexibility index (Phi) is 5.51. The van der Waals surface area contributed by atoms with Crippen molar-refractivity contribution in [2.45, 2.75) is 70.7 Å². The number of methoxy groups -OCH3 is 1. The van der Waals surface area contributed by atoms with Gasteiger partial charge >= 0.3 is 0 Å². The first-order valence-corrected chi connectivity index (χ1v) is 10.7. The topological polar surface area (TPSA) is 38.7 Å². The standard InChI is InChI=1S/C21H30BNO2S/c1-6-14-12-21(10-9-18(14)25-5)13-15-7-8-16(22)11-17(15)19(21)23-26(24)20(2,3)4/h7-8,11,14,18H,6,9-10,12-13H2,1-5H3. The first-order chi connectivity index (χ1) is 12.2. The first-order valence-electron chi connectivity index (χ1n) is 9.63. The maximum absolute atomic E-state index is 12.9. The number of benzene rings is 1. The van der Waals surface area contributed by atoms with Crippen LogP contribution in [0.2, 0.25) is 0 Å². The third kappa shape index (κ3) is 3.57. The molecule has 2 aliphatic rings. The van der Waals surface area contributed by atoms with Gasteiger partial charge in [-0.2, -0.15) is 4.40 Å². The Morgan fingerprint density at radius 2 is 2.12 bits per heavy atom. The minimum Gasteiger partial charge on any atom is -0.381 e. The molecule has 3 nitrogen and oxygen atoms in total. The number of ether oxygens (including phenoxy) is 1. The van der Waals surface area contributed by atoms with E-state index in [0.717, 1.165) is 48.8 Å². The Morgan fingerprint density at radius 1 is 1.38 bits per heavy atom. The number of rotatable bonds is 3. The minimum absolute atomic E-state index is 0.0350. The molecule has 0 N–H and O–H groups in total. The molecule has 3 rings (SSSR count). The highest BCUT2D eigenvalue weighted by molar-refractivity contribution is 7.85. The predicted molar refractivity (Wildman–Crippen MR) is 111 cm³/mol. The van der Waals surface area contributed by atoms with Crippen LogP contribution in [0.25, 0.3) is 0 Å². The molecule has 26 heavy (non-hydrogen) atoms. The molecule has 2 radical (unpaired) electrons. The predicted octanol–water partition coefficient (Wildman–Crippen LogP) is 3.50. The zero-order valence-electron chi connectivity index (χ0n) is 16.7. The van der Waals surface area contributed by atoms with E-state index in [1.165, 1.54) is 5.56 Å². The summed E-state index contributed by atoms with van der Waals surface area (Å²) in [4.78, 5) is 0. The van der Waals surface area contributed by atoms with Crippen molar-refractivity contribution in [3.8, 4) is 0 Å². The number of fused-ring (bicyclic) bond motifs is 1. The molecule has 2 aliphatic carbocycles. The molecule has 5 heteroatoms. The van der Waals surface area contributed by atoms with Crippen LogP contribution in [0.15, 0.2) is 22.6 Å². The van der Waals surface area contributed by atoms with Gasteiger partial charge in [0, 0.05) is 12.5 Å². The second-order valence-electron chi connectivity index (χ2n) is 8.86. The van der Waals surface area contributed by atoms with Crippen molar-refractivity contribution in [1.29, 1.82) is 0 Å². The molecule has 0 aromatic heterocycles. The van der Waals surface area contributed by atoms with Crippen LogP contribution in [0, 0.1) is 11.3 Å². The molecule has 4 atom stereocenters. The Hall–Kier alpha value is -0.935. The lowest BCUT2D eigenvalue weighted by Crippen LogP contribution is -2.41. The second-order valence-corrected chi connectivity index (χ2v) is 10.8. The summed E-state index contributed by atoms with van der Waals surface area (Å²) in [6, 6.07) is 6.11. The fourth-order valence-corrected chi connectivity index (χ4v) is 5.28. The minimum atomic E-state index is -1.28. The van der Waals surface area contributed by atoms with Crippen molar-refractivity contribution in [3.05, 3.63) is 29.3 Å². The summed E-state index contributed by atoms with van der Waals surface area (Å²) in [5, 5.41) is 0. The lowest BCUT2D eigenvalue weighted by atomic mass is 9.65. The van der Waals surface area contributed by atoms with E-state index in [1.807, 2.05) is 40.0 Å². The third-order valence-corrected chi connectivity index (χ3v) is 7.43. The Morgan fingerprint density at radius 3 is 2.73 bits per heavy atom. The van der Waals surface area contributed by atoms with Crippen LogP contribution in [-0.2, 0) is 22.1 Å². The van der Waals surface area contributed by atoms with E-state index in [-0.39, 0.29) is 10.2 Å². The molecule has 0 bridgehead atoms. The van der Waals surface area contributed by atoms with Crippen molar-refractivity contribution >= 4 is 30.0 Å². The van der Waals surface area contributed by atoms with E-state index in [1.54, 1.807) is 0 Å². The van der Waals surface area contributed by atoms with Gasteiger partial charge in [-0.1, -0.05) is 37.0 Å². The normalized spacial score (nSPS) is 31.3.